The number of nitrogens with zero attached hydrogens (tertiary/aromatic N) is 1. The number of nitrogens with one attached hydrogen (secondary N) is 1. The van der Waals surface area contributed by atoms with Crippen LogP contribution >= 0.6 is 15.9 Å². The Balaban J connectivity index is 2.07. The monoisotopic (exact) mass is 368 g/mol. The lowest BCUT2D eigenvalue weighted by Gasteiger charge is -2.06. The van der Waals surface area contributed by atoms with E-state index in [0.29, 0.717) is 5.82 Å². The zero-order valence-electron chi connectivity index (χ0n) is 11.2. The van der Waals surface area contributed by atoms with Crippen LogP contribution in [0.4, 0.5) is 5.82 Å². The maximum Gasteiger partial charge on any atom is 0.241 e. The van der Waals surface area contributed by atoms with E-state index in [1.165, 1.54) is 18.3 Å². The van der Waals surface area contributed by atoms with Crippen molar-refractivity contribution in [3.05, 3.63) is 52.6 Å². The molecule has 1 N–H and O–H groups in total. The zero-order chi connectivity index (χ0) is 15.5. The summed E-state index contributed by atoms with van der Waals surface area (Å²) in [6, 6.07) is 9.67. The predicted octanol–water partition coefficient (Wildman–Crippen LogP) is 2.56. The van der Waals surface area contributed by atoms with E-state index in [1.807, 2.05) is 6.92 Å². The van der Waals surface area contributed by atoms with E-state index >= 15 is 0 Å². The van der Waals surface area contributed by atoms with Gasteiger partial charge in [-0.3, -0.25) is 4.79 Å². The average molecular weight is 369 g/mol. The van der Waals surface area contributed by atoms with Crippen molar-refractivity contribution in [1.29, 1.82) is 0 Å². The van der Waals surface area contributed by atoms with Gasteiger partial charge in [0.25, 0.3) is 0 Å². The van der Waals surface area contributed by atoms with Gasteiger partial charge < -0.3 is 5.32 Å². The van der Waals surface area contributed by atoms with Crippen LogP contribution in [-0.4, -0.2) is 25.1 Å². The van der Waals surface area contributed by atoms with E-state index < -0.39 is 21.5 Å². The lowest BCUT2D eigenvalue weighted by molar-refractivity contribution is -0.113. The molecule has 5 nitrogen and oxygen atoms in total. The summed E-state index contributed by atoms with van der Waals surface area (Å²) in [4.78, 5) is 15.9. The Labute approximate surface area is 131 Å². The van der Waals surface area contributed by atoms with Crippen molar-refractivity contribution in [3.8, 4) is 0 Å². The van der Waals surface area contributed by atoms with Crippen molar-refractivity contribution in [2.24, 2.45) is 0 Å². The first-order valence-corrected chi connectivity index (χ1v) is 8.52. The highest BCUT2D eigenvalue weighted by atomic mass is 79.9. The summed E-state index contributed by atoms with van der Waals surface area (Å²) in [5.74, 6) is -0.930. The molecule has 2 rings (SSSR count). The SMILES string of the molecule is Cc1ccc(S(=O)(=O)CC(=O)Nc2ccc(Br)cn2)cc1. The maximum atomic E-state index is 12.1. The summed E-state index contributed by atoms with van der Waals surface area (Å²) in [5.41, 5.74) is 0.956. The maximum absolute atomic E-state index is 12.1. The number of aromatic nitrogens is 1. The van der Waals surface area contributed by atoms with Crippen molar-refractivity contribution < 1.29 is 13.2 Å². The predicted molar refractivity (Wildman–Crippen MR) is 83.8 cm³/mol. The van der Waals surface area contributed by atoms with Crippen molar-refractivity contribution in [2.75, 3.05) is 11.1 Å². The van der Waals surface area contributed by atoms with Gasteiger partial charge in [-0.2, -0.15) is 0 Å². The van der Waals surface area contributed by atoms with Crippen LogP contribution in [0.1, 0.15) is 5.56 Å². The molecule has 1 aromatic heterocycles. The molecule has 2 aromatic rings. The van der Waals surface area contributed by atoms with Gasteiger partial charge in [0.2, 0.25) is 5.91 Å². The normalized spacial score (nSPS) is 11.1. The number of carbonyl (C=O) groups is 1. The molecule has 0 saturated heterocycles. The van der Waals surface area contributed by atoms with Gasteiger partial charge in [0, 0.05) is 10.7 Å². The van der Waals surface area contributed by atoms with Crippen molar-refractivity contribution in [3.63, 3.8) is 0 Å². The van der Waals surface area contributed by atoms with Crippen LogP contribution in [0.2, 0.25) is 0 Å². The van der Waals surface area contributed by atoms with Gasteiger partial charge >= 0.3 is 0 Å². The molecular weight excluding hydrogens is 356 g/mol. The number of pyridine rings is 1. The molecule has 0 aliphatic heterocycles. The number of amides is 1. The van der Waals surface area contributed by atoms with Gasteiger partial charge in [-0.25, -0.2) is 13.4 Å². The highest BCUT2D eigenvalue weighted by Gasteiger charge is 2.19. The standard InChI is InChI=1S/C14H13BrN2O3S/c1-10-2-5-12(6-3-10)21(19,20)9-14(18)17-13-7-4-11(15)8-16-13/h2-8H,9H2,1H3,(H,16,17,18). The number of aryl methyl sites for hydroxylation is 1. The number of carbonyl (C=O) groups excluding carboxylic acids is 1. The topological polar surface area (TPSA) is 76.1 Å². The quantitative estimate of drug-likeness (QED) is 0.899. The first kappa shape index (κ1) is 15.7. The second kappa shape index (κ2) is 6.36. The fraction of sp³-hybridized carbons (Fsp3) is 0.143. The largest absolute Gasteiger partial charge is 0.310 e. The van der Waals surface area contributed by atoms with Gasteiger partial charge in [-0.15, -0.1) is 0 Å². The summed E-state index contributed by atoms with van der Waals surface area (Å²) in [7, 11) is -3.65. The highest BCUT2D eigenvalue weighted by molar-refractivity contribution is 9.10. The van der Waals surface area contributed by atoms with E-state index in [0.717, 1.165) is 10.0 Å². The van der Waals surface area contributed by atoms with Crippen LogP contribution in [0.3, 0.4) is 0 Å². The minimum atomic E-state index is -3.65. The Kier molecular flexibility index (Phi) is 4.74. The Morgan fingerprint density at radius 2 is 1.86 bits per heavy atom. The van der Waals surface area contributed by atoms with Crippen LogP contribution in [0.15, 0.2) is 52.0 Å². The van der Waals surface area contributed by atoms with Gasteiger partial charge in [0.15, 0.2) is 9.84 Å². The Bertz CT molecular complexity index is 741. The number of hydrogen-bond donors (Lipinski definition) is 1. The third kappa shape index (κ3) is 4.37. The summed E-state index contributed by atoms with van der Waals surface area (Å²) in [5, 5.41) is 2.46. The number of rotatable bonds is 4. The number of hydrogen-bond acceptors (Lipinski definition) is 4. The summed E-state index contributed by atoms with van der Waals surface area (Å²) in [6.07, 6.45) is 1.52. The molecular formula is C14H13BrN2O3S. The first-order valence-electron chi connectivity index (χ1n) is 6.08. The number of sulfone groups is 1. The summed E-state index contributed by atoms with van der Waals surface area (Å²) >= 11 is 3.23. The molecule has 1 heterocycles. The smallest absolute Gasteiger partial charge is 0.241 e. The number of halogens is 1. The fourth-order valence-electron chi connectivity index (χ4n) is 1.63. The highest BCUT2D eigenvalue weighted by Crippen LogP contribution is 2.14. The molecule has 21 heavy (non-hydrogen) atoms. The molecule has 0 bridgehead atoms. The summed E-state index contributed by atoms with van der Waals surface area (Å²) < 4.78 is 25.0. The van der Waals surface area contributed by atoms with Crippen LogP contribution in [0, 0.1) is 6.92 Å². The van der Waals surface area contributed by atoms with E-state index in [-0.39, 0.29) is 4.90 Å². The molecule has 1 amide bonds. The second-order valence-electron chi connectivity index (χ2n) is 4.48. The molecule has 0 aliphatic carbocycles. The first-order chi connectivity index (χ1) is 9.87. The van der Waals surface area contributed by atoms with Crippen LogP contribution in [0.25, 0.3) is 0 Å². The van der Waals surface area contributed by atoms with Crippen molar-refractivity contribution >= 4 is 37.5 Å². The minimum absolute atomic E-state index is 0.131. The molecule has 0 unspecified atom stereocenters. The Morgan fingerprint density at radius 3 is 2.43 bits per heavy atom. The third-order valence-electron chi connectivity index (χ3n) is 2.70. The summed E-state index contributed by atoms with van der Waals surface area (Å²) in [6.45, 7) is 1.86. The lowest BCUT2D eigenvalue weighted by atomic mass is 10.2. The van der Waals surface area contributed by atoms with Crippen molar-refractivity contribution in [2.45, 2.75) is 11.8 Å². The average Bonchev–Trinajstić information content (AvgIpc) is 2.41. The molecule has 0 fully saturated rings. The molecule has 110 valence electrons. The Hall–Kier alpha value is -1.73. The van der Waals surface area contributed by atoms with E-state index in [2.05, 4.69) is 26.2 Å². The third-order valence-corrected chi connectivity index (χ3v) is 4.80. The molecule has 0 aliphatic rings. The fourth-order valence-corrected chi connectivity index (χ4v) is 3.00. The van der Waals surface area contributed by atoms with Gasteiger partial charge in [-0.1, -0.05) is 17.7 Å². The van der Waals surface area contributed by atoms with Crippen molar-refractivity contribution in [1.82, 2.24) is 4.98 Å². The molecule has 0 saturated carbocycles. The minimum Gasteiger partial charge on any atom is -0.310 e. The molecule has 0 atom stereocenters. The van der Waals surface area contributed by atoms with Crippen LogP contribution < -0.4 is 5.32 Å². The molecule has 0 radical (unpaired) electrons. The van der Waals surface area contributed by atoms with E-state index in [4.69, 9.17) is 0 Å². The van der Waals surface area contributed by atoms with Gasteiger partial charge in [-0.05, 0) is 47.1 Å². The van der Waals surface area contributed by atoms with E-state index in [9.17, 15) is 13.2 Å². The Morgan fingerprint density at radius 1 is 1.19 bits per heavy atom. The van der Waals surface area contributed by atoms with Gasteiger partial charge in [0.05, 0.1) is 4.90 Å². The van der Waals surface area contributed by atoms with Gasteiger partial charge in [0.1, 0.15) is 11.6 Å². The van der Waals surface area contributed by atoms with E-state index in [1.54, 1.807) is 24.3 Å². The molecule has 7 heteroatoms. The van der Waals surface area contributed by atoms with Crippen LogP contribution in [0.5, 0.6) is 0 Å². The lowest BCUT2D eigenvalue weighted by Crippen LogP contribution is -2.23. The molecule has 1 aromatic carbocycles. The second-order valence-corrected chi connectivity index (χ2v) is 7.39. The zero-order valence-corrected chi connectivity index (χ0v) is 13.6. The number of anilines is 1. The van der Waals surface area contributed by atoms with Crippen LogP contribution in [-0.2, 0) is 14.6 Å². The molecule has 0 spiro atoms. The number of benzene rings is 1.